The summed E-state index contributed by atoms with van der Waals surface area (Å²) < 4.78 is 73.2. The Morgan fingerprint density at radius 2 is 1.85 bits per heavy atom. The number of likely N-dealkylation sites (tertiary alicyclic amines) is 1. The highest BCUT2D eigenvalue weighted by Crippen LogP contribution is 2.47. The third kappa shape index (κ3) is 6.25. The van der Waals surface area contributed by atoms with Gasteiger partial charge in [-0.05, 0) is 97.9 Å². The highest BCUT2D eigenvalue weighted by molar-refractivity contribution is 5.88. The number of carbonyl (C=O) groups excluding carboxylic acids is 1. The van der Waals surface area contributed by atoms with E-state index in [1.165, 1.54) is 12.1 Å². The van der Waals surface area contributed by atoms with Crippen molar-refractivity contribution in [1.29, 1.82) is 0 Å². The Balaban J connectivity index is 1.19. The second kappa shape index (κ2) is 11.3. The SMILES string of the molecule is C[C@H]1CN([C@@H]2CC[C@@](C(=O)NCc3cc(F)cc(C(F)(F)F)c3)(C3CC3)OC2)CC[C@H]1c1ccc(F)c(C(=O)O)c1. The van der Waals surface area contributed by atoms with E-state index in [0.29, 0.717) is 25.5 Å². The molecule has 2 saturated heterocycles. The Hall–Kier alpha value is -3.05. The zero-order valence-corrected chi connectivity index (χ0v) is 22.6. The molecule has 1 aliphatic carbocycles. The van der Waals surface area contributed by atoms with Gasteiger partial charge < -0.3 is 15.2 Å². The van der Waals surface area contributed by atoms with Crippen molar-refractivity contribution in [1.82, 2.24) is 10.2 Å². The number of nitrogens with zero attached hydrogens (tertiary/aromatic N) is 1. The first kappa shape index (κ1) is 29.4. The van der Waals surface area contributed by atoms with Crippen molar-refractivity contribution in [3.63, 3.8) is 0 Å². The molecule has 4 atom stereocenters. The lowest BCUT2D eigenvalue weighted by Crippen LogP contribution is -2.57. The average molecular weight is 581 g/mol. The fraction of sp³-hybridized carbons (Fsp3) is 0.533. The van der Waals surface area contributed by atoms with Crippen molar-refractivity contribution < 1.29 is 41.4 Å². The number of amides is 1. The number of nitrogens with one attached hydrogen (secondary N) is 1. The maximum atomic E-state index is 13.9. The molecule has 2 aromatic rings. The molecular weight excluding hydrogens is 547 g/mol. The third-order valence-corrected chi connectivity index (χ3v) is 8.84. The Bertz CT molecular complexity index is 1300. The van der Waals surface area contributed by atoms with Gasteiger partial charge >= 0.3 is 12.1 Å². The molecule has 3 fully saturated rings. The summed E-state index contributed by atoms with van der Waals surface area (Å²) in [4.78, 5) is 27.0. The van der Waals surface area contributed by atoms with E-state index in [1.807, 2.05) is 0 Å². The maximum absolute atomic E-state index is 13.9. The van der Waals surface area contributed by atoms with E-state index < -0.39 is 34.9 Å². The molecule has 222 valence electrons. The van der Waals surface area contributed by atoms with Gasteiger partial charge in [-0.15, -0.1) is 0 Å². The second-order valence-electron chi connectivity index (χ2n) is 11.6. The van der Waals surface area contributed by atoms with Crippen LogP contribution in [0.4, 0.5) is 22.0 Å². The molecule has 41 heavy (non-hydrogen) atoms. The van der Waals surface area contributed by atoms with Crippen molar-refractivity contribution in [2.24, 2.45) is 11.8 Å². The molecule has 5 rings (SSSR count). The molecule has 2 aromatic carbocycles. The van der Waals surface area contributed by atoms with Gasteiger partial charge in [-0.2, -0.15) is 13.2 Å². The summed E-state index contributed by atoms with van der Waals surface area (Å²) in [6.45, 7) is 3.66. The van der Waals surface area contributed by atoms with Crippen molar-refractivity contribution in [2.45, 2.75) is 69.3 Å². The van der Waals surface area contributed by atoms with Gasteiger partial charge in [-0.3, -0.25) is 9.69 Å². The number of benzene rings is 2. The number of halogens is 5. The van der Waals surface area contributed by atoms with Crippen molar-refractivity contribution in [2.75, 3.05) is 19.7 Å². The summed E-state index contributed by atoms with van der Waals surface area (Å²) in [7, 11) is 0. The largest absolute Gasteiger partial charge is 0.478 e. The average Bonchev–Trinajstić information content (AvgIpc) is 3.77. The van der Waals surface area contributed by atoms with Crippen LogP contribution in [0.2, 0.25) is 0 Å². The number of alkyl halides is 3. The molecule has 0 spiro atoms. The number of aromatic carboxylic acids is 1. The topological polar surface area (TPSA) is 78.9 Å². The Morgan fingerprint density at radius 1 is 1.10 bits per heavy atom. The third-order valence-electron chi connectivity index (χ3n) is 8.84. The van der Waals surface area contributed by atoms with E-state index in [4.69, 9.17) is 4.74 Å². The zero-order valence-electron chi connectivity index (χ0n) is 22.6. The van der Waals surface area contributed by atoms with Crippen LogP contribution in [0, 0.1) is 23.5 Å². The predicted octanol–water partition coefficient (Wildman–Crippen LogP) is 5.75. The number of piperidine rings is 1. The lowest BCUT2D eigenvalue weighted by molar-refractivity contribution is -0.166. The van der Waals surface area contributed by atoms with Gasteiger partial charge in [0.2, 0.25) is 0 Å². The molecule has 1 amide bonds. The van der Waals surface area contributed by atoms with Gasteiger partial charge in [0.1, 0.15) is 17.2 Å². The molecule has 0 radical (unpaired) electrons. The van der Waals surface area contributed by atoms with E-state index in [-0.39, 0.29) is 47.4 Å². The lowest BCUT2D eigenvalue weighted by Gasteiger charge is -2.46. The molecule has 0 unspecified atom stereocenters. The quantitative estimate of drug-likeness (QED) is 0.408. The number of carboxylic acids is 1. The molecule has 1 saturated carbocycles. The fourth-order valence-electron chi connectivity index (χ4n) is 6.50. The smallest absolute Gasteiger partial charge is 0.416 e. The van der Waals surface area contributed by atoms with Gasteiger partial charge in [0.25, 0.3) is 5.91 Å². The molecule has 2 aliphatic heterocycles. The summed E-state index contributed by atoms with van der Waals surface area (Å²) in [6, 6.07) is 6.61. The van der Waals surface area contributed by atoms with Crippen LogP contribution in [0.15, 0.2) is 36.4 Å². The number of rotatable bonds is 7. The van der Waals surface area contributed by atoms with E-state index >= 15 is 0 Å². The van der Waals surface area contributed by atoms with Crippen LogP contribution in [0.25, 0.3) is 0 Å². The molecule has 11 heteroatoms. The molecule has 0 bridgehead atoms. The van der Waals surface area contributed by atoms with E-state index in [1.54, 1.807) is 6.07 Å². The summed E-state index contributed by atoms with van der Waals surface area (Å²) in [5.41, 5.74) is -1.65. The van der Waals surface area contributed by atoms with Crippen LogP contribution in [0.3, 0.4) is 0 Å². The van der Waals surface area contributed by atoms with Crippen LogP contribution >= 0.6 is 0 Å². The van der Waals surface area contributed by atoms with Gasteiger partial charge in [0.15, 0.2) is 0 Å². The highest BCUT2D eigenvalue weighted by atomic mass is 19.4. The zero-order chi connectivity index (χ0) is 29.5. The van der Waals surface area contributed by atoms with E-state index in [2.05, 4.69) is 17.1 Å². The molecular formula is C30H33F5N2O4. The number of hydrogen-bond donors (Lipinski definition) is 2. The number of ether oxygens (including phenoxy) is 1. The summed E-state index contributed by atoms with van der Waals surface area (Å²) in [5, 5.41) is 12.0. The monoisotopic (exact) mass is 580 g/mol. The molecule has 0 aromatic heterocycles. The summed E-state index contributed by atoms with van der Waals surface area (Å²) in [5.74, 6) is -3.14. The molecule has 3 aliphatic rings. The van der Waals surface area contributed by atoms with Gasteiger partial charge in [-0.1, -0.05) is 13.0 Å². The molecule has 6 nitrogen and oxygen atoms in total. The van der Waals surface area contributed by atoms with Gasteiger partial charge in [0, 0.05) is 19.1 Å². The van der Waals surface area contributed by atoms with Crippen LogP contribution in [-0.4, -0.2) is 53.2 Å². The maximum Gasteiger partial charge on any atom is 0.416 e. The Labute approximate surface area is 234 Å². The van der Waals surface area contributed by atoms with Gasteiger partial charge in [-0.25, -0.2) is 13.6 Å². The minimum atomic E-state index is -4.69. The number of carboxylic acid groups (broad SMARTS) is 1. The van der Waals surface area contributed by atoms with Crippen LogP contribution in [0.1, 0.15) is 72.0 Å². The van der Waals surface area contributed by atoms with Gasteiger partial charge in [0.05, 0.1) is 17.7 Å². The van der Waals surface area contributed by atoms with E-state index in [0.717, 1.165) is 50.0 Å². The summed E-state index contributed by atoms with van der Waals surface area (Å²) in [6.07, 6.45) is -1.09. The van der Waals surface area contributed by atoms with Crippen molar-refractivity contribution in [3.8, 4) is 0 Å². The number of carbonyl (C=O) groups is 2. The standard InChI is InChI=1S/C30H33F5N2O4/c1-17-15-37(9-7-24(17)19-2-5-26(32)25(12-19)27(38)39)23-6-8-29(41-16-23,20-3-4-20)28(40)36-14-18-10-21(30(33,34)35)13-22(31)11-18/h2,5,10-13,17,20,23-24H,3-4,6-9,14-16H2,1H3,(H,36,40)(H,38,39)/t17-,23+,24+,29-/m0/s1. The van der Waals surface area contributed by atoms with Crippen LogP contribution < -0.4 is 5.32 Å². The van der Waals surface area contributed by atoms with Crippen molar-refractivity contribution >= 4 is 11.9 Å². The van der Waals surface area contributed by atoms with E-state index in [9.17, 15) is 36.6 Å². The predicted molar refractivity (Wildman–Crippen MR) is 139 cm³/mol. The van der Waals surface area contributed by atoms with Crippen molar-refractivity contribution in [3.05, 3.63) is 70.3 Å². The number of hydrogen-bond acceptors (Lipinski definition) is 4. The molecule has 2 heterocycles. The fourth-order valence-corrected chi connectivity index (χ4v) is 6.50. The lowest BCUT2D eigenvalue weighted by atomic mass is 9.79. The Morgan fingerprint density at radius 3 is 2.46 bits per heavy atom. The van der Waals surface area contributed by atoms with Crippen LogP contribution in [0.5, 0.6) is 0 Å². The first-order valence-electron chi connectivity index (χ1n) is 13.9. The molecule has 2 N–H and O–H groups in total. The highest BCUT2D eigenvalue weighted by Gasteiger charge is 2.54. The minimum absolute atomic E-state index is 0.0267. The normalized spacial score (nSPS) is 27.4. The summed E-state index contributed by atoms with van der Waals surface area (Å²) >= 11 is 0. The Kier molecular flexibility index (Phi) is 8.13. The first-order chi connectivity index (χ1) is 19.4. The van der Waals surface area contributed by atoms with Crippen LogP contribution in [-0.2, 0) is 22.3 Å². The first-order valence-corrected chi connectivity index (χ1v) is 13.9. The minimum Gasteiger partial charge on any atom is -0.478 e. The second-order valence-corrected chi connectivity index (χ2v) is 11.6.